The predicted molar refractivity (Wildman–Crippen MR) is 129 cm³/mol. The predicted octanol–water partition coefficient (Wildman–Crippen LogP) is 3.07. The maximum Gasteiger partial charge on any atom is 0.229 e. The van der Waals surface area contributed by atoms with E-state index in [0.29, 0.717) is 18.4 Å². The van der Waals surface area contributed by atoms with Crippen LogP contribution in [0.25, 0.3) is 10.9 Å². The van der Waals surface area contributed by atoms with Gasteiger partial charge in [-0.3, -0.25) is 10.6 Å². The largest absolute Gasteiger partial charge is 0.361 e. The summed E-state index contributed by atoms with van der Waals surface area (Å²) in [6, 6.07) is 10.2. The van der Waals surface area contributed by atoms with Crippen molar-refractivity contribution >= 4 is 22.8 Å². The second-order valence-electron chi connectivity index (χ2n) is 9.97. The number of amides is 1. The van der Waals surface area contributed by atoms with Crippen LogP contribution >= 0.6 is 0 Å². The highest BCUT2D eigenvalue weighted by Crippen LogP contribution is 2.42. The molecule has 2 fully saturated rings. The number of anilines is 1. The first-order chi connectivity index (χ1) is 15.9. The van der Waals surface area contributed by atoms with Crippen LogP contribution in [0.3, 0.4) is 0 Å². The Labute approximate surface area is 194 Å². The van der Waals surface area contributed by atoms with Gasteiger partial charge < -0.3 is 14.8 Å². The Kier molecular flexibility index (Phi) is 5.58. The number of hydrazine groups is 1. The molecular formula is C25H33N7O. The van der Waals surface area contributed by atoms with E-state index in [0.717, 1.165) is 56.5 Å². The van der Waals surface area contributed by atoms with Crippen molar-refractivity contribution in [2.45, 2.75) is 51.6 Å². The molecule has 174 valence electrons. The minimum atomic E-state index is -0.434. The topological polar surface area (TPSA) is 103 Å². The van der Waals surface area contributed by atoms with Gasteiger partial charge in [-0.15, -0.1) is 0 Å². The summed E-state index contributed by atoms with van der Waals surface area (Å²) in [6.07, 6.45) is 7.52. The van der Waals surface area contributed by atoms with Gasteiger partial charge in [-0.05, 0) is 57.2 Å². The lowest BCUT2D eigenvalue weighted by Gasteiger charge is -2.46. The van der Waals surface area contributed by atoms with Crippen molar-refractivity contribution in [1.82, 2.24) is 25.3 Å². The third kappa shape index (κ3) is 3.98. The lowest BCUT2D eigenvalue weighted by atomic mass is 9.71. The zero-order valence-electron chi connectivity index (χ0n) is 19.5. The summed E-state index contributed by atoms with van der Waals surface area (Å²) in [4.78, 5) is 30.5. The zero-order valence-corrected chi connectivity index (χ0v) is 19.5. The lowest BCUT2D eigenvalue weighted by molar-refractivity contribution is -0.148. The van der Waals surface area contributed by atoms with E-state index in [-0.39, 0.29) is 5.41 Å². The molecule has 0 aliphatic carbocycles. The Bertz CT molecular complexity index is 1150. The summed E-state index contributed by atoms with van der Waals surface area (Å²) in [6.45, 7) is 7.05. The lowest BCUT2D eigenvalue weighted by Crippen LogP contribution is -2.53. The van der Waals surface area contributed by atoms with E-state index in [9.17, 15) is 4.79 Å². The molecule has 0 atom stereocenters. The number of nitrogens with two attached hydrogens (primary N) is 1. The third-order valence-electron chi connectivity index (χ3n) is 7.51. The highest BCUT2D eigenvalue weighted by molar-refractivity contribution is 5.86. The van der Waals surface area contributed by atoms with Crippen molar-refractivity contribution in [3.05, 3.63) is 54.0 Å². The van der Waals surface area contributed by atoms with Crippen molar-refractivity contribution in [3.8, 4) is 0 Å². The monoisotopic (exact) mass is 447 g/mol. The highest BCUT2D eigenvalue weighted by Gasteiger charge is 2.46. The molecule has 4 heterocycles. The number of rotatable bonds is 5. The quantitative estimate of drug-likeness (QED) is 0.410. The van der Waals surface area contributed by atoms with Crippen molar-refractivity contribution in [1.29, 1.82) is 0 Å². The minimum absolute atomic E-state index is 0.267. The van der Waals surface area contributed by atoms with Gasteiger partial charge in [0, 0.05) is 49.5 Å². The maximum absolute atomic E-state index is 13.7. The molecule has 1 spiro atoms. The van der Waals surface area contributed by atoms with E-state index >= 15 is 0 Å². The molecule has 4 N–H and O–H groups in total. The number of H-pyrrole nitrogens is 1. The standard InChI is InChI=1S/C25H33N7O/c1-24(2,30-26)21-8-12-27-23(29-21)31-14-10-25(11-15-31)9-5-13-32(22(25)33)17-18-16-28-20-7-4-3-6-19(18)20/h3-4,6-8,12,16,28,30H,5,9-11,13-15,17,26H2,1-2H3. The first-order valence-corrected chi connectivity index (χ1v) is 11.8. The summed E-state index contributed by atoms with van der Waals surface area (Å²) in [5, 5.41) is 1.20. The number of benzene rings is 1. The average Bonchev–Trinajstić information content (AvgIpc) is 3.25. The van der Waals surface area contributed by atoms with Crippen LogP contribution in [0.4, 0.5) is 5.95 Å². The van der Waals surface area contributed by atoms with Crippen LogP contribution in [0.15, 0.2) is 42.7 Å². The molecule has 2 aliphatic heterocycles. The SMILES string of the molecule is CC(C)(NN)c1ccnc(N2CCC3(CCCN(Cc4c[nH]c5ccccc45)C3=O)CC2)n1. The first kappa shape index (κ1) is 21.9. The molecule has 0 saturated carbocycles. The van der Waals surface area contributed by atoms with Gasteiger partial charge in [-0.2, -0.15) is 0 Å². The number of hydrogen-bond acceptors (Lipinski definition) is 6. The summed E-state index contributed by atoms with van der Waals surface area (Å²) >= 11 is 0. The van der Waals surface area contributed by atoms with Crippen LogP contribution in [0.5, 0.6) is 0 Å². The Morgan fingerprint density at radius 3 is 2.73 bits per heavy atom. The molecule has 8 nitrogen and oxygen atoms in total. The molecule has 2 saturated heterocycles. The molecule has 2 aromatic heterocycles. The van der Waals surface area contributed by atoms with Gasteiger partial charge in [0.25, 0.3) is 0 Å². The van der Waals surface area contributed by atoms with Crippen molar-refractivity contribution in [2.24, 2.45) is 11.3 Å². The Morgan fingerprint density at radius 1 is 1.15 bits per heavy atom. The third-order valence-corrected chi connectivity index (χ3v) is 7.51. The van der Waals surface area contributed by atoms with E-state index in [4.69, 9.17) is 10.8 Å². The van der Waals surface area contributed by atoms with Crippen LogP contribution in [0.2, 0.25) is 0 Å². The molecule has 3 aromatic rings. The van der Waals surface area contributed by atoms with Crippen LogP contribution in [0, 0.1) is 5.41 Å². The second-order valence-corrected chi connectivity index (χ2v) is 9.97. The van der Waals surface area contributed by atoms with Gasteiger partial charge in [0.2, 0.25) is 11.9 Å². The van der Waals surface area contributed by atoms with Gasteiger partial charge >= 0.3 is 0 Å². The molecule has 1 aromatic carbocycles. The maximum atomic E-state index is 13.7. The number of para-hydroxylation sites is 1. The number of nitrogens with zero attached hydrogens (tertiary/aromatic N) is 4. The van der Waals surface area contributed by atoms with Crippen LogP contribution in [0.1, 0.15) is 50.8 Å². The number of fused-ring (bicyclic) bond motifs is 1. The molecule has 0 bridgehead atoms. The number of aromatic amines is 1. The van der Waals surface area contributed by atoms with E-state index in [2.05, 4.69) is 43.4 Å². The molecule has 1 amide bonds. The highest BCUT2D eigenvalue weighted by atomic mass is 16.2. The number of piperidine rings is 2. The number of carbonyl (C=O) groups excluding carboxylic acids is 1. The average molecular weight is 448 g/mol. The van der Waals surface area contributed by atoms with Gasteiger partial charge in [0.1, 0.15) is 0 Å². The van der Waals surface area contributed by atoms with Crippen LogP contribution in [-0.4, -0.2) is 45.4 Å². The van der Waals surface area contributed by atoms with Crippen LogP contribution < -0.4 is 16.2 Å². The number of likely N-dealkylation sites (tertiary alicyclic amines) is 1. The van der Waals surface area contributed by atoms with Gasteiger partial charge in [0.15, 0.2) is 0 Å². The number of hydrogen-bond donors (Lipinski definition) is 3. The Morgan fingerprint density at radius 2 is 1.94 bits per heavy atom. The van der Waals surface area contributed by atoms with E-state index in [1.807, 2.05) is 32.2 Å². The molecule has 5 rings (SSSR count). The summed E-state index contributed by atoms with van der Waals surface area (Å²) in [7, 11) is 0. The summed E-state index contributed by atoms with van der Waals surface area (Å²) < 4.78 is 0. The van der Waals surface area contributed by atoms with E-state index < -0.39 is 5.54 Å². The normalized spacial score (nSPS) is 18.9. The van der Waals surface area contributed by atoms with Crippen LogP contribution in [-0.2, 0) is 16.9 Å². The first-order valence-electron chi connectivity index (χ1n) is 11.8. The number of carbonyl (C=O) groups is 1. The van der Waals surface area contributed by atoms with Gasteiger partial charge in [0.05, 0.1) is 16.6 Å². The molecule has 0 radical (unpaired) electrons. The van der Waals surface area contributed by atoms with Crippen molar-refractivity contribution in [2.75, 3.05) is 24.5 Å². The summed E-state index contributed by atoms with van der Waals surface area (Å²) in [5.74, 6) is 6.72. The smallest absolute Gasteiger partial charge is 0.229 e. The summed E-state index contributed by atoms with van der Waals surface area (Å²) in [5.41, 5.74) is 5.28. The molecule has 8 heteroatoms. The van der Waals surface area contributed by atoms with E-state index in [1.54, 1.807) is 6.20 Å². The van der Waals surface area contributed by atoms with E-state index in [1.165, 1.54) is 10.9 Å². The second kappa shape index (κ2) is 8.43. The fourth-order valence-corrected chi connectivity index (χ4v) is 5.29. The minimum Gasteiger partial charge on any atom is -0.361 e. The number of nitrogens with one attached hydrogen (secondary N) is 2. The fourth-order valence-electron chi connectivity index (χ4n) is 5.29. The molecule has 0 unspecified atom stereocenters. The fraction of sp³-hybridized carbons (Fsp3) is 0.480. The zero-order chi connectivity index (χ0) is 23.1. The van der Waals surface area contributed by atoms with Crippen molar-refractivity contribution < 1.29 is 4.79 Å². The Balaban J connectivity index is 1.29. The van der Waals surface area contributed by atoms with Crippen molar-refractivity contribution in [3.63, 3.8) is 0 Å². The molecular weight excluding hydrogens is 414 g/mol. The van der Waals surface area contributed by atoms with Gasteiger partial charge in [-0.1, -0.05) is 18.2 Å². The molecule has 2 aliphatic rings. The molecule has 33 heavy (non-hydrogen) atoms. The Hall–Kier alpha value is -2.97. The number of aromatic nitrogens is 3. The van der Waals surface area contributed by atoms with Gasteiger partial charge in [-0.25, -0.2) is 15.4 Å².